The number of aromatic nitrogens is 1. The lowest BCUT2D eigenvalue weighted by molar-refractivity contribution is 1.33. The zero-order valence-electron chi connectivity index (χ0n) is 5.00. The van der Waals surface area contributed by atoms with Crippen molar-refractivity contribution in [3.05, 3.63) is 28.7 Å². The van der Waals surface area contributed by atoms with Crippen LogP contribution in [0.15, 0.2) is 18.3 Å². The minimum absolute atomic E-state index is 0.641. The Bertz CT molecular complexity index is 183. The molecule has 0 fully saturated rings. The zero-order valence-corrected chi connectivity index (χ0v) is 5.76. The minimum Gasteiger partial charge on any atom is -0.469 e. The second kappa shape index (κ2) is 2.69. The predicted molar refractivity (Wildman–Crippen MR) is 38.2 cm³/mol. The van der Waals surface area contributed by atoms with Gasteiger partial charge in [0.2, 0.25) is 0 Å². The van der Waals surface area contributed by atoms with E-state index in [4.69, 9.17) is 11.6 Å². The highest BCUT2D eigenvalue weighted by Gasteiger charge is 1.78. The molecule has 0 unspecified atom stereocenters. The summed E-state index contributed by atoms with van der Waals surface area (Å²) >= 11 is 5.56. The van der Waals surface area contributed by atoms with Crippen molar-refractivity contribution in [1.82, 2.24) is 4.98 Å². The van der Waals surface area contributed by atoms with Crippen molar-refractivity contribution in [1.29, 1.82) is 0 Å². The maximum atomic E-state index is 5.56. The fraction of sp³-hybridized carbons (Fsp3) is 0.167. The van der Waals surface area contributed by atoms with Crippen LogP contribution in [-0.4, -0.2) is 12.0 Å². The molecule has 0 amide bonds. The van der Waals surface area contributed by atoms with Crippen molar-refractivity contribution in [2.24, 2.45) is 0 Å². The molecular weight excluding hydrogens is 136 g/mol. The maximum absolute atomic E-state index is 5.56. The van der Waals surface area contributed by atoms with Gasteiger partial charge >= 0.3 is 0 Å². The molecule has 0 radical (unpaired) electrons. The molecule has 0 aliphatic heterocycles. The highest BCUT2D eigenvalue weighted by Crippen LogP contribution is 2.13. The molecule has 48 valence electrons. The highest BCUT2D eigenvalue weighted by atomic mass is 35.5. The second-order valence-electron chi connectivity index (χ2n) is 1.56. The van der Waals surface area contributed by atoms with Crippen LogP contribution in [0.3, 0.4) is 0 Å². The third-order valence-electron chi connectivity index (χ3n) is 0.941. The van der Waals surface area contributed by atoms with Gasteiger partial charge in [-0.3, -0.25) is 0 Å². The van der Waals surface area contributed by atoms with Gasteiger partial charge in [0.1, 0.15) is 0 Å². The molecule has 0 saturated heterocycles. The van der Waals surface area contributed by atoms with E-state index >= 15 is 0 Å². The molecule has 0 aromatic carbocycles. The summed E-state index contributed by atoms with van der Waals surface area (Å²) in [6.07, 6.45) is 1.57. The fourth-order valence-electron chi connectivity index (χ4n) is 0.500. The molecule has 0 N–H and O–H groups in total. The summed E-state index contributed by atoms with van der Waals surface area (Å²) < 4.78 is 0. The summed E-state index contributed by atoms with van der Waals surface area (Å²) in [7, 11) is 1.69. The third-order valence-corrected chi connectivity index (χ3v) is 1.16. The van der Waals surface area contributed by atoms with Crippen LogP contribution >= 0.6 is 11.6 Å². The Kier molecular flexibility index (Phi) is 1.90. The molecule has 1 aromatic rings. The Morgan fingerprint density at radius 2 is 2.33 bits per heavy atom. The SMILES string of the molecule is C[N-]c1ccc(Cl)cn1. The normalized spacial score (nSPS) is 9.11. The van der Waals surface area contributed by atoms with Crippen LogP contribution in [0, 0.1) is 0 Å². The number of halogens is 1. The van der Waals surface area contributed by atoms with Gasteiger partial charge in [-0.1, -0.05) is 36.7 Å². The number of hydrogen-bond acceptors (Lipinski definition) is 1. The summed E-state index contributed by atoms with van der Waals surface area (Å²) in [6, 6.07) is 3.53. The molecular formula is C6H6ClN2-. The lowest BCUT2D eigenvalue weighted by Crippen LogP contribution is -1.72. The Morgan fingerprint density at radius 1 is 1.56 bits per heavy atom. The molecule has 0 aliphatic rings. The standard InChI is InChI=1S/C6H6ClN2/c1-8-6-3-2-5(7)4-9-6/h2-4H,1H3/q-1. The van der Waals surface area contributed by atoms with Gasteiger partial charge < -0.3 is 10.3 Å². The number of nitrogens with zero attached hydrogens (tertiary/aromatic N) is 2. The smallest absolute Gasteiger partial charge is 0.0364 e. The molecule has 1 heterocycles. The van der Waals surface area contributed by atoms with Crippen molar-refractivity contribution in [2.45, 2.75) is 0 Å². The summed E-state index contributed by atoms with van der Waals surface area (Å²) in [5.41, 5.74) is 0. The van der Waals surface area contributed by atoms with Gasteiger partial charge in [0, 0.05) is 5.02 Å². The zero-order chi connectivity index (χ0) is 6.69. The van der Waals surface area contributed by atoms with Gasteiger partial charge in [0.25, 0.3) is 0 Å². The molecule has 0 aliphatic carbocycles. The van der Waals surface area contributed by atoms with E-state index in [0.717, 1.165) is 0 Å². The van der Waals surface area contributed by atoms with E-state index in [1.165, 1.54) is 0 Å². The van der Waals surface area contributed by atoms with Gasteiger partial charge in [-0.25, -0.2) is 0 Å². The summed E-state index contributed by atoms with van der Waals surface area (Å²) in [5.74, 6) is 0.708. The number of rotatable bonds is 1. The molecule has 3 heteroatoms. The molecule has 0 spiro atoms. The van der Waals surface area contributed by atoms with E-state index in [-0.39, 0.29) is 0 Å². The Morgan fingerprint density at radius 3 is 2.78 bits per heavy atom. The van der Waals surface area contributed by atoms with Crippen molar-refractivity contribution < 1.29 is 0 Å². The van der Waals surface area contributed by atoms with Crippen LogP contribution in [-0.2, 0) is 0 Å². The molecule has 9 heavy (non-hydrogen) atoms. The van der Waals surface area contributed by atoms with Crippen LogP contribution in [0.1, 0.15) is 0 Å². The first-order chi connectivity index (χ1) is 4.33. The van der Waals surface area contributed by atoms with Gasteiger partial charge in [-0.15, -0.1) is 0 Å². The first-order valence-electron chi connectivity index (χ1n) is 2.54. The first kappa shape index (κ1) is 6.36. The van der Waals surface area contributed by atoms with Gasteiger partial charge in [-0.05, 0) is 6.07 Å². The lowest BCUT2D eigenvalue weighted by Gasteiger charge is -2.06. The average molecular weight is 142 g/mol. The molecule has 0 saturated carbocycles. The van der Waals surface area contributed by atoms with Crippen molar-refractivity contribution in [3.8, 4) is 0 Å². The topological polar surface area (TPSA) is 27.0 Å². The van der Waals surface area contributed by atoms with Crippen LogP contribution in [0.2, 0.25) is 5.02 Å². The Labute approximate surface area is 58.9 Å². The maximum Gasteiger partial charge on any atom is 0.0364 e. The van der Waals surface area contributed by atoms with Gasteiger partial charge in [-0.2, -0.15) is 0 Å². The van der Waals surface area contributed by atoms with Crippen molar-refractivity contribution in [3.63, 3.8) is 0 Å². The quantitative estimate of drug-likeness (QED) is 0.590. The monoisotopic (exact) mass is 141 g/mol. The van der Waals surface area contributed by atoms with Gasteiger partial charge in [0.15, 0.2) is 0 Å². The molecule has 1 aromatic heterocycles. The molecule has 0 bridgehead atoms. The van der Waals surface area contributed by atoms with Crippen LogP contribution < -0.4 is 0 Å². The van der Waals surface area contributed by atoms with Crippen molar-refractivity contribution in [2.75, 3.05) is 7.05 Å². The highest BCUT2D eigenvalue weighted by molar-refractivity contribution is 6.30. The third kappa shape index (κ3) is 1.57. The van der Waals surface area contributed by atoms with Crippen LogP contribution in [0.4, 0.5) is 5.82 Å². The summed E-state index contributed by atoms with van der Waals surface area (Å²) in [5, 5.41) is 4.48. The first-order valence-corrected chi connectivity index (χ1v) is 2.92. The van der Waals surface area contributed by atoms with E-state index in [2.05, 4.69) is 10.3 Å². The average Bonchev–Trinajstić information content (AvgIpc) is 1.90. The molecule has 0 atom stereocenters. The van der Waals surface area contributed by atoms with E-state index in [1.807, 2.05) is 0 Å². The summed E-state index contributed by atoms with van der Waals surface area (Å²) in [6.45, 7) is 0. The van der Waals surface area contributed by atoms with E-state index in [9.17, 15) is 0 Å². The number of hydrogen-bond donors (Lipinski definition) is 0. The molecule has 1 rings (SSSR count). The van der Waals surface area contributed by atoms with E-state index in [1.54, 1.807) is 25.4 Å². The fourth-order valence-corrected chi connectivity index (χ4v) is 0.612. The second-order valence-corrected chi connectivity index (χ2v) is 1.99. The molecule has 2 nitrogen and oxygen atoms in total. The largest absolute Gasteiger partial charge is 0.469 e. The van der Waals surface area contributed by atoms with Gasteiger partial charge in [0.05, 0.1) is 0 Å². The van der Waals surface area contributed by atoms with Crippen LogP contribution in [0.5, 0.6) is 0 Å². The predicted octanol–water partition coefficient (Wildman–Crippen LogP) is 2.37. The minimum atomic E-state index is 0.641. The summed E-state index contributed by atoms with van der Waals surface area (Å²) in [4.78, 5) is 3.90. The van der Waals surface area contributed by atoms with Crippen molar-refractivity contribution >= 4 is 17.4 Å². The lowest BCUT2D eigenvalue weighted by atomic mass is 10.5. The van der Waals surface area contributed by atoms with E-state index < -0.39 is 0 Å². The Hall–Kier alpha value is -0.760. The Balaban J connectivity index is 2.88. The number of pyridine rings is 1. The van der Waals surface area contributed by atoms with Crippen LogP contribution in [0.25, 0.3) is 5.32 Å². The van der Waals surface area contributed by atoms with E-state index in [0.29, 0.717) is 10.8 Å².